The molecule has 0 N–H and O–H groups in total. The number of rotatable bonds is 0. The summed E-state index contributed by atoms with van der Waals surface area (Å²) in [5.74, 6) is 1.04. The molecule has 4 heterocycles. The molecule has 0 radical (unpaired) electrons. The zero-order valence-corrected chi connectivity index (χ0v) is 25.8. The van der Waals surface area contributed by atoms with E-state index in [0.29, 0.717) is 11.8 Å². The molecule has 6 aliphatic rings. The SMILES string of the molecule is c1ccc2c(c1)C1c3ccccc3C2c2c1ncc1c2c2cccc3c4c5c(ncc4n1c23)C1c2ccccc2C2c3ccccc3C521. The Morgan fingerprint density at radius 1 is 0.479 bits per heavy atom. The Morgan fingerprint density at radius 3 is 1.73 bits per heavy atom. The molecule has 9 aromatic rings. The maximum Gasteiger partial charge on any atom is 0.0728 e. The summed E-state index contributed by atoms with van der Waals surface area (Å²) in [6.07, 6.45) is 4.35. The second-order valence-electron chi connectivity index (χ2n) is 14.7. The van der Waals surface area contributed by atoms with Gasteiger partial charge < -0.3 is 4.40 Å². The minimum absolute atomic E-state index is 0.0417. The minimum Gasteiger partial charge on any atom is -0.305 e. The topological polar surface area (TPSA) is 30.2 Å². The molecule has 0 amide bonds. The molecule has 6 aliphatic carbocycles. The van der Waals surface area contributed by atoms with E-state index in [1.807, 2.05) is 0 Å². The van der Waals surface area contributed by atoms with Crippen LogP contribution in [-0.4, -0.2) is 14.4 Å². The number of para-hydroxylation sites is 1. The normalized spacial score (nSPS) is 24.3. The second-order valence-corrected chi connectivity index (χ2v) is 14.7. The molecule has 0 aliphatic heterocycles. The average Bonchev–Trinajstić information content (AvgIpc) is 3.72. The van der Waals surface area contributed by atoms with Crippen LogP contribution < -0.4 is 0 Å². The van der Waals surface area contributed by atoms with Crippen molar-refractivity contribution in [2.45, 2.75) is 29.1 Å². The van der Waals surface area contributed by atoms with E-state index in [4.69, 9.17) is 9.97 Å². The van der Waals surface area contributed by atoms with E-state index in [9.17, 15) is 0 Å². The van der Waals surface area contributed by atoms with Gasteiger partial charge in [-0.15, -0.1) is 0 Å². The highest BCUT2D eigenvalue weighted by atomic mass is 15.0. The van der Waals surface area contributed by atoms with Gasteiger partial charge in [-0.2, -0.15) is 0 Å². The maximum absolute atomic E-state index is 5.39. The van der Waals surface area contributed by atoms with Gasteiger partial charge in [-0.25, -0.2) is 0 Å². The zero-order chi connectivity index (χ0) is 30.6. The monoisotopic (exact) mass is 607 g/mol. The van der Waals surface area contributed by atoms with Crippen LogP contribution in [-0.2, 0) is 5.41 Å². The highest BCUT2D eigenvalue weighted by Gasteiger charge is 2.70. The third kappa shape index (κ3) is 2.13. The zero-order valence-electron chi connectivity index (χ0n) is 25.8. The van der Waals surface area contributed by atoms with Crippen LogP contribution in [0.15, 0.2) is 128 Å². The van der Waals surface area contributed by atoms with Gasteiger partial charge in [-0.3, -0.25) is 9.97 Å². The van der Waals surface area contributed by atoms with Crippen LogP contribution >= 0.6 is 0 Å². The molecule has 1 spiro atoms. The maximum atomic E-state index is 5.39. The van der Waals surface area contributed by atoms with Crippen molar-refractivity contribution in [1.29, 1.82) is 0 Å². The van der Waals surface area contributed by atoms with E-state index in [2.05, 4.69) is 132 Å². The third-order valence-electron chi connectivity index (χ3n) is 13.2. The van der Waals surface area contributed by atoms with Crippen LogP contribution in [0.5, 0.6) is 0 Å². The Morgan fingerprint density at radius 2 is 1.02 bits per heavy atom. The number of aromatic nitrogens is 3. The van der Waals surface area contributed by atoms with E-state index < -0.39 is 0 Å². The molecule has 48 heavy (non-hydrogen) atoms. The Balaban J connectivity index is 1.12. The summed E-state index contributed by atoms with van der Waals surface area (Å²) in [6.45, 7) is 0. The lowest BCUT2D eigenvalue weighted by Gasteiger charge is -2.58. The molecule has 0 saturated heterocycles. The number of pyridine rings is 2. The van der Waals surface area contributed by atoms with Gasteiger partial charge in [-0.05, 0) is 55.6 Å². The van der Waals surface area contributed by atoms with Crippen molar-refractivity contribution in [2.24, 2.45) is 0 Å². The second kappa shape index (κ2) is 7.35. The molecule has 0 saturated carbocycles. The summed E-state index contributed by atoms with van der Waals surface area (Å²) < 4.78 is 2.52. The molecule has 15 rings (SSSR count). The first-order valence-corrected chi connectivity index (χ1v) is 17.2. The quantitative estimate of drug-likeness (QED) is 0.172. The van der Waals surface area contributed by atoms with Gasteiger partial charge in [0.25, 0.3) is 0 Å². The lowest BCUT2D eigenvalue weighted by molar-refractivity contribution is 0.328. The number of benzene rings is 5. The summed E-state index contributed by atoms with van der Waals surface area (Å²) in [6, 6.07) is 43.5. The van der Waals surface area contributed by atoms with Crippen molar-refractivity contribution in [2.75, 3.05) is 0 Å². The Hall–Kier alpha value is -5.80. The van der Waals surface area contributed by atoms with Crippen LogP contribution in [0, 0.1) is 0 Å². The van der Waals surface area contributed by atoms with Gasteiger partial charge in [-0.1, -0.05) is 115 Å². The van der Waals surface area contributed by atoms with Gasteiger partial charge >= 0.3 is 0 Å². The molecule has 3 nitrogen and oxygen atoms in total. The van der Waals surface area contributed by atoms with Crippen LogP contribution in [0.3, 0.4) is 0 Å². The molecule has 3 unspecified atom stereocenters. The lowest BCUT2D eigenvalue weighted by atomic mass is 9.43. The fraction of sp³-hybridized carbons (Fsp3) is 0.111. The van der Waals surface area contributed by atoms with Gasteiger partial charge in [0, 0.05) is 44.7 Å². The van der Waals surface area contributed by atoms with Gasteiger partial charge in [0.1, 0.15) is 0 Å². The number of nitrogens with zero attached hydrogens (tertiary/aromatic N) is 3. The fourth-order valence-corrected chi connectivity index (χ4v) is 11.8. The smallest absolute Gasteiger partial charge is 0.0728 e. The Kier molecular flexibility index (Phi) is 3.60. The average molecular weight is 608 g/mol. The third-order valence-corrected chi connectivity index (χ3v) is 13.2. The van der Waals surface area contributed by atoms with Crippen molar-refractivity contribution < 1.29 is 0 Å². The van der Waals surface area contributed by atoms with E-state index in [1.54, 1.807) is 0 Å². The van der Waals surface area contributed by atoms with E-state index >= 15 is 0 Å². The number of hydrogen-bond acceptors (Lipinski definition) is 2. The van der Waals surface area contributed by atoms with Crippen molar-refractivity contribution in [3.8, 4) is 0 Å². The summed E-state index contributed by atoms with van der Waals surface area (Å²) in [5.41, 5.74) is 20.7. The lowest BCUT2D eigenvalue weighted by Crippen LogP contribution is -2.53. The summed E-state index contributed by atoms with van der Waals surface area (Å²) >= 11 is 0. The van der Waals surface area contributed by atoms with Crippen molar-refractivity contribution in [3.63, 3.8) is 0 Å². The van der Waals surface area contributed by atoms with Crippen LogP contribution in [0.1, 0.15) is 90.7 Å². The molecular formula is C45H25N3. The molecule has 220 valence electrons. The first-order chi connectivity index (χ1) is 23.9. The van der Waals surface area contributed by atoms with E-state index in [1.165, 1.54) is 105 Å². The van der Waals surface area contributed by atoms with Crippen molar-refractivity contribution >= 4 is 38.1 Å². The summed E-state index contributed by atoms with van der Waals surface area (Å²) in [5, 5.41) is 5.43. The van der Waals surface area contributed by atoms with E-state index in [-0.39, 0.29) is 17.3 Å². The van der Waals surface area contributed by atoms with Crippen molar-refractivity contribution in [1.82, 2.24) is 14.4 Å². The molecule has 5 aromatic carbocycles. The molecule has 3 atom stereocenters. The predicted octanol–water partition coefficient (Wildman–Crippen LogP) is 9.50. The van der Waals surface area contributed by atoms with Gasteiger partial charge in [0.15, 0.2) is 0 Å². The van der Waals surface area contributed by atoms with Crippen LogP contribution in [0.4, 0.5) is 0 Å². The van der Waals surface area contributed by atoms with Gasteiger partial charge in [0.2, 0.25) is 0 Å². The standard InChI is InChI=1S/C45H25N3/c1-3-12-24-22(10-1)34-23-11-2-4-13-25(23)35(24)42-38(34)36-29-17-9-18-30-37-33(48(44(29)30)32(36)20-46-42)21-47-43-40-27-15-6-5-14-26(27)39-28-16-7-8-19-31(28)45(39,40)41(37)43/h1-21,34-35,39-40H. The highest BCUT2D eigenvalue weighted by Crippen LogP contribution is 2.78. The first-order valence-electron chi connectivity index (χ1n) is 17.2. The van der Waals surface area contributed by atoms with Crippen LogP contribution in [0.2, 0.25) is 0 Å². The number of fused-ring (bicyclic) bond motifs is 14. The first kappa shape index (κ1) is 23.5. The van der Waals surface area contributed by atoms with Crippen LogP contribution in [0.25, 0.3) is 38.1 Å². The summed E-state index contributed by atoms with van der Waals surface area (Å²) in [4.78, 5) is 10.8. The highest BCUT2D eigenvalue weighted by molar-refractivity contribution is 6.25. The fourth-order valence-electron chi connectivity index (χ4n) is 11.8. The molecular weight excluding hydrogens is 583 g/mol. The summed E-state index contributed by atoms with van der Waals surface area (Å²) in [7, 11) is 0. The molecule has 4 aromatic heterocycles. The largest absolute Gasteiger partial charge is 0.305 e. The molecule has 0 fully saturated rings. The minimum atomic E-state index is -0.0417. The molecule has 2 bridgehead atoms. The Labute approximate surface area is 275 Å². The Bertz CT molecular complexity index is 2950. The van der Waals surface area contributed by atoms with E-state index in [0.717, 1.165) is 0 Å². The molecule has 3 heteroatoms. The number of hydrogen-bond donors (Lipinski definition) is 0. The predicted molar refractivity (Wildman–Crippen MR) is 189 cm³/mol. The van der Waals surface area contributed by atoms with Gasteiger partial charge in [0.05, 0.1) is 46.2 Å². The van der Waals surface area contributed by atoms with Crippen molar-refractivity contribution in [3.05, 3.63) is 195 Å².